The van der Waals surface area contributed by atoms with Crippen LogP contribution in [0.3, 0.4) is 0 Å². The third-order valence-corrected chi connectivity index (χ3v) is 4.34. The van der Waals surface area contributed by atoms with Gasteiger partial charge in [0.1, 0.15) is 0 Å². The van der Waals surface area contributed by atoms with Crippen LogP contribution < -0.4 is 0 Å². The largest absolute Gasteiger partial charge is 0.378 e. The van der Waals surface area contributed by atoms with Crippen molar-refractivity contribution in [1.29, 1.82) is 0 Å². The number of H-pyrrole nitrogens is 1. The zero-order chi connectivity index (χ0) is 12.2. The molecule has 2 aliphatic rings. The summed E-state index contributed by atoms with van der Waals surface area (Å²) in [7, 11) is 0. The van der Waals surface area contributed by atoms with Gasteiger partial charge in [0, 0.05) is 19.3 Å². The van der Waals surface area contributed by atoms with Gasteiger partial charge in [-0.2, -0.15) is 5.10 Å². The van der Waals surface area contributed by atoms with Gasteiger partial charge in [-0.15, -0.1) is 0 Å². The molecule has 1 aromatic rings. The fraction of sp³-hybridized carbons (Fsp3) is 0.786. The Hall–Kier alpha value is -0.870. The van der Waals surface area contributed by atoms with Gasteiger partial charge in [0.15, 0.2) is 0 Å². The van der Waals surface area contributed by atoms with Crippen molar-refractivity contribution < 1.29 is 4.74 Å². The Morgan fingerprint density at radius 3 is 3.00 bits per heavy atom. The van der Waals surface area contributed by atoms with Gasteiger partial charge >= 0.3 is 0 Å². The first-order chi connectivity index (χ1) is 8.93. The van der Waals surface area contributed by atoms with E-state index in [2.05, 4.69) is 21.2 Å². The second-order valence-corrected chi connectivity index (χ2v) is 5.60. The topological polar surface area (TPSA) is 41.1 Å². The predicted octanol–water partition coefficient (Wildman–Crippen LogP) is 2.36. The average molecular weight is 249 g/mol. The second kappa shape index (κ2) is 5.85. The molecule has 1 N–H and O–H groups in total. The summed E-state index contributed by atoms with van der Waals surface area (Å²) in [6.07, 6.45) is 8.93. The van der Waals surface area contributed by atoms with Crippen molar-refractivity contribution >= 4 is 0 Å². The van der Waals surface area contributed by atoms with E-state index in [1.54, 1.807) is 0 Å². The van der Waals surface area contributed by atoms with Crippen LogP contribution in [0, 0.1) is 5.92 Å². The van der Waals surface area contributed by atoms with Gasteiger partial charge in [-0.1, -0.05) is 19.3 Å². The highest BCUT2D eigenvalue weighted by atomic mass is 16.5. The minimum absolute atomic E-state index is 0.378. The number of ether oxygens (including phenoxy) is 1. The minimum atomic E-state index is 0.378. The Kier molecular flexibility index (Phi) is 3.96. The van der Waals surface area contributed by atoms with E-state index in [-0.39, 0.29) is 0 Å². The molecule has 1 aliphatic carbocycles. The van der Waals surface area contributed by atoms with Crippen LogP contribution in [0.2, 0.25) is 0 Å². The molecule has 1 aromatic heterocycles. The highest BCUT2D eigenvalue weighted by Crippen LogP contribution is 2.29. The first kappa shape index (κ1) is 12.2. The number of rotatable bonds is 3. The van der Waals surface area contributed by atoms with Gasteiger partial charge in [0.25, 0.3) is 0 Å². The molecule has 100 valence electrons. The molecule has 0 aromatic carbocycles. The number of hydrogen-bond donors (Lipinski definition) is 1. The zero-order valence-electron chi connectivity index (χ0n) is 11.0. The van der Waals surface area contributed by atoms with Gasteiger partial charge in [0.2, 0.25) is 0 Å². The Balaban J connectivity index is 1.64. The molecule has 0 bridgehead atoms. The van der Waals surface area contributed by atoms with Crippen molar-refractivity contribution in [3.8, 4) is 0 Å². The standard InChI is InChI=1S/C14H23N3O/c1-2-4-12(5-3-1)10-17-8-9-18-11-14(17)13-6-7-15-16-13/h6-7,12,14H,1-5,8-11H2,(H,15,16)/t14-/m1/s1. The predicted molar refractivity (Wildman–Crippen MR) is 70.3 cm³/mol. The molecule has 1 atom stereocenters. The van der Waals surface area contributed by atoms with Crippen LogP contribution in [0.1, 0.15) is 43.8 Å². The Labute approximate surface area is 109 Å². The molecule has 3 rings (SSSR count). The monoisotopic (exact) mass is 249 g/mol. The molecule has 2 heterocycles. The second-order valence-electron chi connectivity index (χ2n) is 5.60. The molecule has 0 spiro atoms. The smallest absolute Gasteiger partial charge is 0.0752 e. The highest BCUT2D eigenvalue weighted by Gasteiger charge is 2.28. The van der Waals surface area contributed by atoms with Gasteiger partial charge in [0.05, 0.1) is 24.9 Å². The summed E-state index contributed by atoms with van der Waals surface area (Å²) < 4.78 is 5.64. The van der Waals surface area contributed by atoms with Crippen molar-refractivity contribution in [3.63, 3.8) is 0 Å². The van der Waals surface area contributed by atoms with Gasteiger partial charge in [-0.25, -0.2) is 0 Å². The van der Waals surface area contributed by atoms with Gasteiger partial charge in [-0.05, 0) is 24.8 Å². The van der Waals surface area contributed by atoms with E-state index in [0.29, 0.717) is 6.04 Å². The number of nitrogens with one attached hydrogen (secondary N) is 1. The van der Waals surface area contributed by atoms with Crippen LogP contribution in [-0.4, -0.2) is 41.4 Å². The lowest BCUT2D eigenvalue weighted by atomic mass is 9.88. The summed E-state index contributed by atoms with van der Waals surface area (Å²) in [5.41, 5.74) is 1.20. The molecule has 0 radical (unpaired) electrons. The molecule has 4 nitrogen and oxygen atoms in total. The molecule has 18 heavy (non-hydrogen) atoms. The fourth-order valence-electron chi connectivity index (χ4n) is 3.30. The van der Waals surface area contributed by atoms with Gasteiger partial charge in [-0.3, -0.25) is 10.00 Å². The Morgan fingerprint density at radius 2 is 2.22 bits per heavy atom. The van der Waals surface area contributed by atoms with Crippen LogP contribution in [0.5, 0.6) is 0 Å². The number of morpholine rings is 1. The van der Waals surface area contributed by atoms with Crippen LogP contribution in [-0.2, 0) is 4.74 Å². The molecule has 0 amide bonds. The summed E-state index contributed by atoms with van der Waals surface area (Å²) in [6.45, 7) is 3.96. The van der Waals surface area contributed by atoms with E-state index < -0.39 is 0 Å². The van der Waals surface area contributed by atoms with E-state index in [1.165, 1.54) is 44.3 Å². The fourth-order valence-corrected chi connectivity index (χ4v) is 3.30. The number of hydrogen-bond acceptors (Lipinski definition) is 3. The molecule has 2 fully saturated rings. The summed E-state index contributed by atoms with van der Waals surface area (Å²) in [6, 6.07) is 2.45. The van der Waals surface area contributed by atoms with E-state index in [1.807, 2.05) is 6.20 Å². The maximum absolute atomic E-state index is 5.64. The quantitative estimate of drug-likeness (QED) is 0.894. The molecule has 1 aliphatic heterocycles. The Morgan fingerprint density at radius 1 is 1.33 bits per heavy atom. The zero-order valence-corrected chi connectivity index (χ0v) is 11.0. The molecule has 0 unspecified atom stereocenters. The van der Waals surface area contributed by atoms with Crippen LogP contribution in [0.15, 0.2) is 12.3 Å². The van der Waals surface area contributed by atoms with Crippen LogP contribution in [0.25, 0.3) is 0 Å². The summed E-state index contributed by atoms with van der Waals surface area (Å²) in [5, 5.41) is 7.17. The third-order valence-electron chi connectivity index (χ3n) is 4.34. The van der Waals surface area contributed by atoms with Crippen molar-refractivity contribution in [2.24, 2.45) is 5.92 Å². The average Bonchev–Trinajstić information content (AvgIpc) is 2.94. The SMILES string of the molecule is c1cc([C@H]2COCCN2CC2CCCCC2)[nH]n1. The molecular formula is C14H23N3O. The van der Waals surface area contributed by atoms with E-state index in [4.69, 9.17) is 4.74 Å². The third kappa shape index (κ3) is 2.75. The maximum Gasteiger partial charge on any atom is 0.0752 e. The lowest BCUT2D eigenvalue weighted by molar-refractivity contribution is -0.0192. The van der Waals surface area contributed by atoms with Crippen LogP contribution >= 0.6 is 0 Å². The first-order valence-corrected chi connectivity index (χ1v) is 7.24. The highest BCUT2D eigenvalue weighted by molar-refractivity contribution is 5.06. The van der Waals surface area contributed by atoms with Crippen molar-refractivity contribution in [3.05, 3.63) is 18.0 Å². The number of aromatic nitrogens is 2. The summed E-state index contributed by atoms with van der Waals surface area (Å²) in [5.74, 6) is 0.891. The van der Waals surface area contributed by atoms with Crippen molar-refractivity contribution in [2.75, 3.05) is 26.3 Å². The van der Waals surface area contributed by atoms with E-state index >= 15 is 0 Å². The van der Waals surface area contributed by atoms with Gasteiger partial charge < -0.3 is 4.74 Å². The lowest BCUT2D eigenvalue weighted by Gasteiger charge is -2.38. The van der Waals surface area contributed by atoms with Crippen LogP contribution in [0.4, 0.5) is 0 Å². The molecule has 4 heteroatoms. The van der Waals surface area contributed by atoms with Crippen molar-refractivity contribution in [2.45, 2.75) is 38.1 Å². The number of nitrogens with zero attached hydrogens (tertiary/aromatic N) is 2. The van der Waals surface area contributed by atoms with E-state index in [9.17, 15) is 0 Å². The normalized spacial score (nSPS) is 27.4. The summed E-state index contributed by atoms with van der Waals surface area (Å²) >= 11 is 0. The van der Waals surface area contributed by atoms with E-state index in [0.717, 1.165) is 25.7 Å². The minimum Gasteiger partial charge on any atom is -0.378 e. The lowest BCUT2D eigenvalue weighted by Crippen LogP contribution is -2.42. The first-order valence-electron chi connectivity index (χ1n) is 7.24. The molecular weight excluding hydrogens is 226 g/mol. The number of aromatic amines is 1. The molecule has 1 saturated carbocycles. The summed E-state index contributed by atoms with van der Waals surface area (Å²) in [4.78, 5) is 2.59. The Bertz CT molecular complexity index is 346. The van der Waals surface area contributed by atoms with Crippen molar-refractivity contribution in [1.82, 2.24) is 15.1 Å². The molecule has 1 saturated heterocycles. The maximum atomic E-state index is 5.64.